The molecular weight excluding hydrogens is 190 g/mol. The van der Waals surface area contributed by atoms with Gasteiger partial charge >= 0.3 is 0 Å². The van der Waals surface area contributed by atoms with Crippen LogP contribution in [0.5, 0.6) is 0 Å². The van der Waals surface area contributed by atoms with Crippen molar-refractivity contribution in [3.63, 3.8) is 0 Å². The lowest BCUT2D eigenvalue weighted by molar-refractivity contribution is 0.779. The second-order valence-corrected chi connectivity index (χ2v) is 3.53. The van der Waals surface area contributed by atoms with Crippen molar-refractivity contribution >= 4 is 11.5 Å². The molecule has 2 aromatic heterocycles. The lowest BCUT2D eigenvalue weighted by atomic mass is 10.2. The third-order valence-corrected chi connectivity index (χ3v) is 2.53. The minimum absolute atomic E-state index is 0.784. The molecule has 0 aromatic carbocycles. The van der Waals surface area contributed by atoms with Gasteiger partial charge in [-0.25, -0.2) is 0 Å². The lowest BCUT2D eigenvalue weighted by Gasteiger charge is -2.23. The van der Waals surface area contributed by atoms with Crippen LogP contribution < -0.4 is 4.90 Å². The van der Waals surface area contributed by atoms with E-state index in [1.54, 1.807) is 10.8 Å². The van der Waals surface area contributed by atoms with Crippen molar-refractivity contribution in [1.29, 1.82) is 0 Å². The van der Waals surface area contributed by atoms with Crippen LogP contribution in [0.15, 0.2) is 30.6 Å². The molecule has 0 spiro atoms. The van der Waals surface area contributed by atoms with Gasteiger partial charge in [-0.15, -0.1) is 15.3 Å². The summed E-state index contributed by atoms with van der Waals surface area (Å²) >= 11 is 0. The lowest BCUT2D eigenvalue weighted by Crippen LogP contribution is -2.28. The van der Waals surface area contributed by atoms with Gasteiger partial charge in [-0.2, -0.15) is 4.52 Å². The summed E-state index contributed by atoms with van der Waals surface area (Å²) in [6, 6.07) is 3.93. The van der Waals surface area contributed by atoms with Crippen LogP contribution in [0.2, 0.25) is 0 Å². The Labute approximate surface area is 87.0 Å². The van der Waals surface area contributed by atoms with E-state index in [1.807, 2.05) is 12.1 Å². The monoisotopic (exact) mass is 201 g/mol. The quantitative estimate of drug-likeness (QED) is 0.643. The van der Waals surface area contributed by atoms with E-state index in [9.17, 15) is 0 Å². The Morgan fingerprint density at radius 3 is 3.07 bits per heavy atom. The molecule has 15 heavy (non-hydrogen) atoms. The van der Waals surface area contributed by atoms with Crippen LogP contribution in [0.3, 0.4) is 0 Å². The average Bonchev–Trinajstić information content (AvgIpc) is 2.77. The van der Waals surface area contributed by atoms with Gasteiger partial charge in [0.2, 0.25) is 0 Å². The van der Waals surface area contributed by atoms with Gasteiger partial charge in [0, 0.05) is 13.1 Å². The molecule has 0 saturated heterocycles. The zero-order valence-corrected chi connectivity index (χ0v) is 8.24. The van der Waals surface area contributed by atoms with Crippen LogP contribution in [-0.4, -0.2) is 32.9 Å². The standard InChI is InChI=1S/C10H11N5/c1-2-6-14(7-3-1)10-5-4-9-12-11-8-15(9)13-10/h1-2,4-5,8H,3,6-7H2. The van der Waals surface area contributed by atoms with E-state index in [-0.39, 0.29) is 0 Å². The van der Waals surface area contributed by atoms with Crippen molar-refractivity contribution in [2.45, 2.75) is 6.42 Å². The number of aromatic nitrogens is 4. The second kappa shape index (κ2) is 3.34. The first-order chi connectivity index (χ1) is 7.43. The Kier molecular flexibility index (Phi) is 1.87. The first-order valence-electron chi connectivity index (χ1n) is 5.00. The predicted octanol–water partition coefficient (Wildman–Crippen LogP) is 0.891. The van der Waals surface area contributed by atoms with Gasteiger partial charge in [-0.1, -0.05) is 12.2 Å². The summed E-state index contributed by atoms with van der Waals surface area (Å²) in [6.07, 6.45) is 7.08. The fourth-order valence-electron chi connectivity index (χ4n) is 1.74. The zero-order chi connectivity index (χ0) is 10.1. The summed E-state index contributed by atoms with van der Waals surface area (Å²) in [5, 5.41) is 12.2. The summed E-state index contributed by atoms with van der Waals surface area (Å²) in [5.74, 6) is 0.978. The van der Waals surface area contributed by atoms with E-state index < -0.39 is 0 Å². The molecule has 0 unspecified atom stereocenters. The van der Waals surface area contributed by atoms with E-state index in [4.69, 9.17) is 0 Å². The second-order valence-electron chi connectivity index (χ2n) is 3.53. The molecule has 3 heterocycles. The minimum Gasteiger partial charge on any atom is -0.351 e. The molecule has 0 saturated carbocycles. The zero-order valence-electron chi connectivity index (χ0n) is 8.24. The van der Waals surface area contributed by atoms with Crippen molar-refractivity contribution in [2.24, 2.45) is 0 Å². The molecule has 0 aliphatic carbocycles. The number of hydrogen-bond acceptors (Lipinski definition) is 4. The van der Waals surface area contributed by atoms with Crippen molar-refractivity contribution in [2.75, 3.05) is 18.0 Å². The van der Waals surface area contributed by atoms with E-state index in [2.05, 4.69) is 32.3 Å². The van der Waals surface area contributed by atoms with Gasteiger partial charge in [-0.3, -0.25) is 0 Å². The van der Waals surface area contributed by atoms with Gasteiger partial charge in [0.05, 0.1) is 0 Å². The topological polar surface area (TPSA) is 46.3 Å². The minimum atomic E-state index is 0.784. The van der Waals surface area contributed by atoms with E-state index in [0.29, 0.717) is 0 Å². The molecule has 5 heteroatoms. The van der Waals surface area contributed by atoms with Crippen molar-refractivity contribution in [1.82, 2.24) is 19.8 Å². The Bertz CT molecular complexity index is 501. The molecule has 0 radical (unpaired) electrons. The molecular formula is C10H11N5. The molecule has 0 fully saturated rings. The van der Waals surface area contributed by atoms with Crippen LogP contribution in [0.25, 0.3) is 5.65 Å². The maximum absolute atomic E-state index is 4.44. The van der Waals surface area contributed by atoms with E-state index >= 15 is 0 Å². The largest absolute Gasteiger partial charge is 0.351 e. The van der Waals surface area contributed by atoms with Gasteiger partial charge in [0.15, 0.2) is 5.65 Å². The summed E-state index contributed by atoms with van der Waals surface area (Å²) in [5.41, 5.74) is 0.784. The van der Waals surface area contributed by atoms with Crippen LogP contribution in [-0.2, 0) is 0 Å². The Balaban J connectivity index is 1.99. The Morgan fingerprint density at radius 1 is 1.20 bits per heavy atom. The molecule has 0 bridgehead atoms. The summed E-state index contributed by atoms with van der Waals surface area (Å²) in [4.78, 5) is 2.24. The molecule has 76 valence electrons. The highest BCUT2D eigenvalue weighted by Gasteiger charge is 2.09. The van der Waals surface area contributed by atoms with Crippen LogP contribution in [0, 0.1) is 0 Å². The molecule has 2 aromatic rings. The fourth-order valence-corrected chi connectivity index (χ4v) is 1.74. The molecule has 3 rings (SSSR count). The fraction of sp³-hybridized carbons (Fsp3) is 0.300. The third-order valence-electron chi connectivity index (χ3n) is 2.53. The van der Waals surface area contributed by atoms with Crippen LogP contribution >= 0.6 is 0 Å². The van der Waals surface area contributed by atoms with Gasteiger partial charge in [-0.05, 0) is 18.6 Å². The van der Waals surface area contributed by atoms with Crippen molar-refractivity contribution in [3.05, 3.63) is 30.6 Å². The van der Waals surface area contributed by atoms with E-state index in [1.165, 1.54) is 0 Å². The first kappa shape index (κ1) is 8.40. The van der Waals surface area contributed by atoms with Gasteiger partial charge < -0.3 is 4.90 Å². The molecule has 5 nitrogen and oxygen atoms in total. The highest BCUT2D eigenvalue weighted by molar-refractivity contribution is 5.45. The van der Waals surface area contributed by atoms with Crippen LogP contribution in [0.1, 0.15) is 6.42 Å². The van der Waals surface area contributed by atoms with Crippen molar-refractivity contribution < 1.29 is 0 Å². The highest BCUT2D eigenvalue weighted by atomic mass is 15.4. The third kappa shape index (κ3) is 1.45. The maximum Gasteiger partial charge on any atom is 0.177 e. The summed E-state index contributed by atoms with van der Waals surface area (Å²) in [7, 11) is 0. The smallest absolute Gasteiger partial charge is 0.177 e. The molecule has 1 aliphatic heterocycles. The van der Waals surface area contributed by atoms with Crippen molar-refractivity contribution in [3.8, 4) is 0 Å². The average molecular weight is 201 g/mol. The van der Waals surface area contributed by atoms with Crippen LogP contribution in [0.4, 0.5) is 5.82 Å². The SMILES string of the molecule is C1=CCN(c2ccc3nncn3n2)CC1. The van der Waals surface area contributed by atoms with Gasteiger partial charge in [0.1, 0.15) is 12.1 Å². The Morgan fingerprint density at radius 2 is 2.20 bits per heavy atom. The number of anilines is 1. The number of nitrogens with zero attached hydrogens (tertiary/aromatic N) is 5. The molecule has 0 N–H and O–H groups in total. The molecule has 0 amide bonds. The van der Waals surface area contributed by atoms with E-state index in [0.717, 1.165) is 31.0 Å². The first-order valence-corrected chi connectivity index (χ1v) is 5.00. The number of fused-ring (bicyclic) bond motifs is 1. The Hall–Kier alpha value is -1.91. The highest BCUT2D eigenvalue weighted by Crippen LogP contribution is 2.13. The molecule has 0 atom stereocenters. The predicted molar refractivity (Wildman–Crippen MR) is 56.8 cm³/mol. The van der Waals surface area contributed by atoms with Gasteiger partial charge in [0.25, 0.3) is 0 Å². The maximum atomic E-state index is 4.44. The number of hydrogen-bond donors (Lipinski definition) is 0. The number of rotatable bonds is 1. The molecule has 1 aliphatic rings. The summed E-state index contributed by atoms with van der Waals surface area (Å²) < 4.78 is 1.70. The normalized spacial score (nSPS) is 16.1. The summed E-state index contributed by atoms with van der Waals surface area (Å²) in [6.45, 7) is 1.96.